The van der Waals surface area contributed by atoms with E-state index in [1.54, 1.807) is 13.3 Å². The topological polar surface area (TPSA) is 77.8 Å². The van der Waals surface area contributed by atoms with Crippen molar-refractivity contribution in [1.29, 1.82) is 0 Å². The molecule has 0 fully saturated rings. The van der Waals surface area contributed by atoms with Crippen LogP contribution in [0.4, 0.5) is 5.82 Å². The maximum Gasteiger partial charge on any atom is 0.130 e. The molecule has 7 heteroatoms. The van der Waals surface area contributed by atoms with Crippen LogP contribution >= 0.6 is 0 Å². The van der Waals surface area contributed by atoms with Crippen molar-refractivity contribution < 1.29 is 4.74 Å². The van der Waals surface area contributed by atoms with Gasteiger partial charge in [0.05, 0.1) is 19.1 Å². The Morgan fingerprint density at radius 2 is 1.80 bits per heavy atom. The molecule has 0 saturated heterocycles. The predicted molar refractivity (Wildman–Crippen MR) is 117 cm³/mol. The molecule has 0 saturated carbocycles. The summed E-state index contributed by atoms with van der Waals surface area (Å²) in [4.78, 5) is 17.6. The van der Waals surface area contributed by atoms with Crippen LogP contribution in [-0.2, 0) is 6.54 Å². The lowest BCUT2D eigenvalue weighted by Gasteiger charge is -2.10. The average Bonchev–Trinajstić information content (AvgIpc) is 3.30. The molecule has 0 unspecified atom stereocenters. The van der Waals surface area contributed by atoms with Crippen molar-refractivity contribution in [1.82, 2.24) is 24.5 Å². The van der Waals surface area contributed by atoms with Gasteiger partial charge in [0.1, 0.15) is 17.4 Å². The zero-order valence-electron chi connectivity index (χ0n) is 17.1. The highest BCUT2D eigenvalue weighted by molar-refractivity contribution is 5.71. The van der Waals surface area contributed by atoms with E-state index in [4.69, 9.17) is 4.74 Å². The van der Waals surface area contributed by atoms with Gasteiger partial charge in [-0.3, -0.25) is 4.98 Å². The molecule has 0 bridgehead atoms. The number of hydrogen-bond acceptors (Lipinski definition) is 6. The number of pyridine rings is 1. The number of rotatable bonds is 8. The number of aryl methyl sites for hydroxylation is 2. The Kier molecular flexibility index (Phi) is 5.98. The molecule has 0 radical (unpaired) electrons. The van der Waals surface area contributed by atoms with Crippen molar-refractivity contribution in [2.45, 2.75) is 19.9 Å². The van der Waals surface area contributed by atoms with Gasteiger partial charge in [0.2, 0.25) is 0 Å². The van der Waals surface area contributed by atoms with Crippen LogP contribution in [0, 0.1) is 6.92 Å². The van der Waals surface area contributed by atoms with E-state index in [0.717, 1.165) is 59.3 Å². The highest BCUT2D eigenvalue weighted by Gasteiger charge is 2.07. The zero-order valence-corrected chi connectivity index (χ0v) is 17.1. The van der Waals surface area contributed by atoms with Gasteiger partial charge in [-0.1, -0.05) is 12.1 Å². The summed E-state index contributed by atoms with van der Waals surface area (Å²) in [5, 5.41) is 3.40. The van der Waals surface area contributed by atoms with Crippen LogP contribution < -0.4 is 10.1 Å². The van der Waals surface area contributed by atoms with Crippen LogP contribution in [0.25, 0.3) is 22.4 Å². The molecule has 0 aliphatic rings. The monoisotopic (exact) mass is 400 g/mol. The number of benzene rings is 1. The summed E-state index contributed by atoms with van der Waals surface area (Å²) in [5.74, 6) is 2.37. The number of methoxy groups -OCH3 is 1. The molecule has 3 heterocycles. The summed E-state index contributed by atoms with van der Waals surface area (Å²) in [6, 6.07) is 12.0. The number of nitrogens with zero attached hydrogens (tertiary/aromatic N) is 5. The second-order valence-electron chi connectivity index (χ2n) is 6.96. The Bertz CT molecular complexity index is 1090. The molecule has 0 aliphatic heterocycles. The van der Waals surface area contributed by atoms with Crippen LogP contribution in [0.15, 0.2) is 67.5 Å². The van der Waals surface area contributed by atoms with E-state index in [0.29, 0.717) is 0 Å². The van der Waals surface area contributed by atoms with Crippen molar-refractivity contribution in [3.05, 3.63) is 73.3 Å². The van der Waals surface area contributed by atoms with Crippen molar-refractivity contribution in [3.8, 4) is 28.1 Å². The normalized spacial score (nSPS) is 10.7. The summed E-state index contributed by atoms with van der Waals surface area (Å²) < 4.78 is 7.31. The fourth-order valence-corrected chi connectivity index (χ4v) is 3.22. The number of hydrogen-bond donors (Lipinski definition) is 1. The molecule has 3 aromatic heterocycles. The predicted octanol–water partition coefficient (Wildman–Crippen LogP) is 4.22. The molecule has 7 nitrogen and oxygen atoms in total. The van der Waals surface area contributed by atoms with Gasteiger partial charge in [-0.25, -0.2) is 15.0 Å². The van der Waals surface area contributed by atoms with Gasteiger partial charge in [0, 0.05) is 55.1 Å². The first-order valence-electron chi connectivity index (χ1n) is 9.86. The molecular formula is C23H24N6O. The van der Waals surface area contributed by atoms with E-state index < -0.39 is 0 Å². The maximum atomic E-state index is 5.24. The molecule has 30 heavy (non-hydrogen) atoms. The molecule has 0 aliphatic carbocycles. The van der Waals surface area contributed by atoms with Gasteiger partial charge >= 0.3 is 0 Å². The molecule has 152 valence electrons. The second kappa shape index (κ2) is 9.17. The van der Waals surface area contributed by atoms with Crippen LogP contribution in [0.5, 0.6) is 5.75 Å². The molecule has 4 rings (SSSR count). The largest absolute Gasteiger partial charge is 0.497 e. The smallest absolute Gasteiger partial charge is 0.130 e. The highest BCUT2D eigenvalue weighted by atomic mass is 16.5. The van der Waals surface area contributed by atoms with E-state index in [9.17, 15) is 0 Å². The first-order chi connectivity index (χ1) is 14.7. The van der Waals surface area contributed by atoms with Crippen molar-refractivity contribution >= 4 is 5.82 Å². The minimum absolute atomic E-state index is 0.722. The van der Waals surface area contributed by atoms with E-state index in [-0.39, 0.29) is 0 Å². The molecule has 4 aromatic rings. The summed E-state index contributed by atoms with van der Waals surface area (Å²) >= 11 is 0. The van der Waals surface area contributed by atoms with Crippen molar-refractivity contribution in [3.63, 3.8) is 0 Å². The van der Waals surface area contributed by atoms with E-state index >= 15 is 0 Å². The third kappa shape index (κ3) is 4.81. The standard InChI is InChI=1S/C23H24N6O/c1-17-27-22(13-23(28-17)26-8-3-10-29-11-9-24-16-29)20-12-19(14-25-15-20)18-4-6-21(30-2)7-5-18/h4-7,9,11-16H,3,8,10H2,1-2H3,(H,26,27,28). The highest BCUT2D eigenvalue weighted by Crippen LogP contribution is 2.26. The Balaban J connectivity index is 1.49. The summed E-state index contributed by atoms with van der Waals surface area (Å²) in [5.41, 5.74) is 3.91. The second-order valence-corrected chi connectivity index (χ2v) is 6.96. The maximum absolute atomic E-state index is 5.24. The first kappa shape index (κ1) is 19.6. The fourth-order valence-electron chi connectivity index (χ4n) is 3.22. The number of ether oxygens (including phenoxy) is 1. The summed E-state index contributed by atoms with van der Waals surface area (Å²) in [6.45, 7) is 3.64. The van der Waals surface area contributed by atoms with Crippen LogP contribution in [0.2, 0.25) is 0 Å². The molecule has 0 amide bonds. The van der Waals surface area contributed by atoms with E-state index in [2.05, 4.69) is 35.9 Å². The lowest BCUT2D eigenvalue weighted by atomic mass is 10.0. The van der Waals surface area contributed by atoms with E-state index in [1.165, 1.54) is 0 Å². The lowest BCUT2D eigenvalue weighted by molar-refractivity contribution is 0.415. The Labute approximate surface area is 175 Å². The van der Waals surface area contributed by atoms with Gasteiger partial charge < -0.3 is 14.6 Å². The zero-order chi connectivity index (χ0) is 20.8. The van der Waals surface area contributed by atoms with Gasteiger partial charge in [-0.2, -0.15) is 0 Å². The number of imidazole rings is 1. The summed E-state index contributed by atoms with van der Waals surface area (Å²) in [7, 11) is 1.66. The summed E-state index contributed by atoms with van der Waals surface area (Å²) in [6.07, 6.45) is 10.3. The third-order valence-electron chi connectivity index (χ3n) is 4.75. The van der Waals surface area contributed by atoms with Crippen LogP contribution in [0.1, 0.15) is 12.2 Å². The Hall–Kier alpha value is -3.74. The molecule has 1 aromatic carbocycles. The minimum Gasteiger partial charge on any atom is -0.497 e. The SMILES string of the molecule is COc1ccc(-c2cncc(-c3cc(NCCCn4ccnc4)nc(C)n3)c2)cc1. The van der Waals surface area contributed by atoms with Crippen molar-refractivity contribution in [2.75, 3.05) is 19.0 Å². The number of nitrogens with one attached hydrogen (secondary N) is 1. The van der Waals surface area contributed by atoms with Gasteiger partial charge in [-0.15, -0.1) is 0 Å². The minimum atomic E-state index is 0.722. The van der Waals surface area contributed by atoms with E-state index in [1.807, 2.05) is 62.2 Å². The molecular weight excluding hydrogens is 376 g/mol. The van der Waals surface area contributed by atoms with Gasteiger partial charge in [-0.05, 0) is 37.1 Å². The number of anilines is 1. The van der Waals surface area contributed by atoms with Crippen molar-refractivity contribution in [2.24, 2.45) is 0 Å². The quantitative estimate of drug-likeness (QED) is 0.446. The Morgan fingerprint density at radius 3 is 2.57 bits per heavy atom. The molecule has 0 atom stereocenters. The average molecular weight is 400 g/mol. The lowest BCUT2D eigenvalue weighted by Crippen LogP contribution is -2.08. The van der Waals surface area contributed by atoms with Crippen LogP contribution in [-0.4, -0.2) is 38.2 Å². The molecule has 1 N–H and O–H groups in total. The number of aromatic nitrogens is 5. The Morgan fingerprint density at radius 1 is 0.967 bits per heavy atom. The fraction of sp³-hybridized carbons (Fsp3) is 0.217. The first-order valence-corrected chi connectivity index (χ1v) is 9.86. The third-order valence-corrected chi connectivity index (χ3v) is 4.75. The van der Waals surface area contributed by atoms with Gasteiger partial charge in [0.15, 0.2) is 0 Å². The van der Waals surface area contributed by atoms with Crippen LogP contribution in [0.3, 0.4) is 0 Å². The molecule has 0 spiro atoms. The van der Waals surface area contributed by atoms with Gasteiger partial charge in [0.25, 0.3) is 0 Å².